The molecule has 1 N–H and O–H groups in total. The van der Waals surface area contributed by atoms with Crippen LogP contribution < -0.4 is 5.32 Å². The standard InChI is InChI=1S/C15H19NO4/c1-2-20-14(18)9-8-13(10-11-17)16-15(19)12-6-4-3-5-7-12/h3-7,11,13H,2,8-10H2,1H3,(H,16,19). The predicted octanol–water partition coefficient (Wildman–Crippen LogP) is 1.72. The molecule has 0 aliphatic heterocycles. The van der Waals surface area contributed by atoms with Crippen molar-refractivity contribution in [2.45, 2.75) is 32.2 Å². The first-order valence-corrected chi connectivity index (χ1v) is 6.62. The van der Waals surface area contributed by atoms with E-state index in [0.29, 0.717) is 18.6 Å². The molecule has 5 heteroatoms. The van der Waals surface area contributed by atoms with Gasteiger partial charge >= 0.3 is 5.97 Å². The Labute approximate surface area is 118 Å². The van der Waals surface area contributed by atoms with Crippen LogP contribution in [0.1, 0.15) is 36.5 Å². The average molecular weight is 277 g/mol. The number of esters is 1. The normalized spacial score (nSPS) is 11.4. The minimum atomic E-state index is -0.357. The quantitative estimate of drug-likeness (QED) is 0.580. The van der Waals surface area contributed by atoms with Gasteiger partial charge in [0.25, 0.3) is 5.91 Å². The van der Waals surface area contributed by atoms with E-state index in [1.807, 2.05) is 6.07 Å². The molecule has 108 valence electrons. The molecule has 1 rings (SSSR count). The minimum absolute atomic E-state index is 0.179. The van der Waals surface area contributed by atoms with Gasteiger partial charge in [-0.05, 0) is 25.5 Å². The molecular formula is C15H19NO4. The van der Waals surface area contributed by atoms with Crippen molar-refractivity contribution >= 4 is 18.2 Å². The average Bonchev–Trinajstić information content (AvgIpc) is 2.46. The van der Waals surface area contributed by atoms with Gasteiger partial charge in [0.2, 0.25) is 0 Å². The zero-order valence-corrected chi connectivity index (χ0v) is 11.5. The molecule has 0 fully saturated rings. The summed E-state index contributed by atoms with van der Waals surface area (Å²) in [6.45, 7) is 2.06. The Balaban J connectivity index is 2.52. The fraction of sp³-hybridized carbons (Fsp3) is 0.400. The van der Waals surface area contributed by atoms with Gasteiger partial charge in [-0.3, -0.25) is 9.59 Å². The molecule has 1 aromatic carbocycles. The van der Waals surface area contributed by atoms with Crippen LogP contribution in [0.25, 0.3) is 0 Å². The van der Waals surface area contributed by atoms with Crippen LogP contribution in [0.4, 0.5) is 0 Å². The van der Waals surface area contributed by atoms with E-state index in [2.05, 4.69) is 5.32 Å². The molecule has 0 radical (unpaired) electrons. The van der Waals surface area contributed by atoms with Gasteiger partial charge in [0, 0.05) is 24.4 Å². The summed E-state index contributed by atoms with van der Waals surface area (Å²) in [6, 6.07) is 8.38. The molecule has 0 heterocycles. The first-order chi connectivity index (χ1) is 9.67. The smallest absolute Gasteiger partial charge is 0.305 e. The second-order valence-corrected chi connectivity index (χ2v) is 4.28. The van der Waals surface area contributed by atoms with Crippen LogP contribution in [0.2, 0.25) is 0 Å². The Hall–Kier alpha value is -2.17. The molecule has 0 aliphatic carbocycles. The zero-order valence-electron chi connectivity index (χ0n) is 11.5. The molecular weight excluding hydrogens is 258 g/mol. The van der Waals surface area contributed by atoms with E-state index in [1.54, 1.807) is 31.2 Å². The van der Waals surface area contributed by atoms with E-state index in [1.165, 1.54) is 0 Å². The molecule has 20 heavy (non-hydrogen) atoms. The number of carbonyl (C=O) groups excluding carboxylic acids is 3. The summed E-state index contributed by atoms with van der Waals surface area (Å²) in [7, 11) is 0. The van der Waals surface area contributed by atoms with Gasteiger partial charge < -0.3 is 14.8 Å². The first-order valence-electron chi connectivity index (χ1n) is 6.62. The monoisotopic (exact) mass is 277 g/mol. The van der Waals surface area contributed by atoms with E-state index >= 15 is 0 Å². The number of carbonyl (C=O) groups is 3. The number of aldehydes is 1. The van der Waals surface area contributed by atoms with E-state index in [4.69, 9.17) is 4.74 Å². The summed E-state index contributed by atoms with van der Waals surface area (Å²) < 4.78 is 4.82. The third-order valence-electron chi connectivity index (χ3n) is 2.75. The zero-order chi connectivity index (χ0) is 14.8. The van der Waals surface area contributed by atoms with Crippen LogP contribution in [-0.4, -0.2) is 30.8 Å². The number of nitrogens with one attached hydrogen (secondary N) is 1. The number of benzene rings is 1. The molecule has 5 nitrogen and oxygen atoms in total. The second kappa shape index (κ2) is 8.85. The second-order valence-electron chi connectivity index (χ2n) is 4.28. The molecule has 1 amide bonds. The third kappa shape index (κ3) is 5.65. The maximum atomic E-state index is 12.0. The van der Waals surface area contributed by atoms with E-state index < -0.39 is 0 Å². The molecule has 0 spiro atoms. The van der Waals surface area contributed by atoms with Gasteiger partial charge in [-0.25, -0.2) is 0 Å². The van der Waals surface area contributed by atoms with Crippen LogP contribution in [-0.2, 0) is 14.3 Å². The lowest BCUT2D eigenvalue weighted by Gasteiger charge is -2.16. The van der Waals surface area contributed by atoms with Crippen molar-refractivity contribution in [2.24, 2.45) is 0 Å². The molecule has 1 aromatic rings. The molecule has 0 saturated heterocycles. The Bertz CT molecular complexity index is 444. The minimum Gasteiger partial charge on any atom is -0.466 e. The summed E-state index contributed by atoms with van der Waals surface area (Å²) in [5.41, 5.74) is 0.527. The molecule has 0 bridgehead atoms. The van der Waals surface area contributed by atoms with E-state index in [9.17, 15) is 14.4 Å². The maximum Gasteiger partial charge on any atom is 0.305 e. The van der Waals surface area contributed by atoms with Crippen molar-refractivity contribution < 1.29 is 19.1 Å². The summed E-state index contributed by atoms with van der Waals surface area (Å²) in [5.74, 6) is -0.571. The van der Waals surface area contributed by atoms with Crippen LogP contribution in [0, 0.1) is 0 Å². The topological polar surface area (TPSA) is 72.5 Å². The van der Waals surface area contributed by atoms with E-state index in [0.717, 1.165) is 6.29 Å². The number of hydrogen-bond acceptors (Lipinski definition) is 4. The van der Waals surface area contributed by atoms with Crippen LogP contribution >= 0.6 is 0 Å². The highest BCUT2D eigenvalue weighted by Crippen LogP contribution is 2.05. The van der Waals surface area contributed by atoms with Gasteiger partial charge in [-0.15, -0.1) is 0 Å². The lowest BCUT2D eigenvalue weighted by molar-refractivity contribution is -0.143. The van der Waals surface area contributed by atoms with Crippen LogP contribution in [0.3, 0.4) is 0 Å². The number of rotatable bonds is 8. The largest absolute Gasteiger partial charge is 0.466 e. The first kappa shape index (κ1) is 15.9. The molecule has 1 atom stereocenters. The predicted molar refractivity (Wildman–Crippen MR) is 74.2 cm³/mol. The molecule has 0 aliphatic rings. The molecule has 0 aromatic heterocycles. The van der Waals surface area contributed by atoms with Gasteiger partial charge in [0.05, 0.1) is 6.61 Å². The van der Waals surface area contributed by atoms with Crippen LogP contribution in [0.5, 0.6) is 0 Å². The van der Waals surface area contributed by atoms with Crippen molar-refractivity contribution in [3.05, 3.63) is 35.9 Å². The van der Waals surface area contributed by atoms with Crippen molar-refractivity contribution in [3.63, 3.8) is 0 Å². The van der Waals surface area contributed by atoms with Gasteiger partial charge in [-0.1, -0.05) is 18.2 Å². The van der Waals surface area contributed by atoms with Crippen molar-refractivity contribution in [3.8, 4) is 0 Å². The van der Waals surface area contributed by atoms with Crippen molar-refractivity contribution in [2.75, 3.05) is 6.61 Å². The lowest BCUT2D eigenvalue weighted by Crippen LogP contribution is -2.35. The molecule has 0 saturated carbocycles. The van der Waals surface area contributed by atoms with Gasteiger partial charge in [0.15, 0.2) is 0 Å². The third-order valence-corrected chi connectivity index (χ3v) is 2.75. The SMILES string of the molecule is CCOC(=O)CCC(CC=O)NC(=O)c1ccccc1. The van der Waals surface area contributed by atoms with Gasteiger partial charge in [-0.2, -0.15) is 0 Å². The fourth-order valence-electron chi connectivity index (χ4n) is 1.75. The Morgan fingerprint density at radius 1 is 1.30 bits per heavy atom. The number of hydrogen-bond donors (Lipinski definition) is 1. The molecule has 1 unspecified atom stereocenters. The van der Waals surface area contributed by atoms with Crippen molar-refractivity contribution in [1.82, 2.24) is 5.32 Å². The highest BCUT2D eigenvalue weighted by atomic mass is 16.5. The maximum absolute atomic E-state index is 12.0. The van der Waals surface area contributed by atoms with Crippen LogP contribution in [0.15, 0.2) is 30.3 Å². The summed E-state index contributed by atoms with van der Waals surface area (Å²) in [6.07, 6.45) is 1.48. The highest BCUT2D eigenvalue weighted by Gasteiger charge is 2.15. The van der Waals surface area contributed by atoms with E-state index in [-0.39, 0.29) is 30.8 Å². The van der Waals surface area contributed by atoms with Gasteiger partial charge in [0.1, 0.15) is 6.29 Å². The number of ether oxygens (including phenoxy) is 1. The highest BCUT2D eigenvalue weighted by molar-refractivity contribution is 5.94. The Morgan fingerprint density at radius 2 is 2.00 bits per heavy atom. The summed E-state index contributed by atoms with van der Waals surface area (Å²) in [4.78, 5) is 33.9. The summed E-state index contributed by atoms with van der Waals surface area (Å²) >= 11 is 0. The lowest BCUT2D eigenvalue weighted by atomic mass is 10.1. The fourth-order valence-corrected chi connectivity index (χ4v) is 1.75. The Kier molecular flexibility index (Phi) is 7.03. The Morgan fingerprint density at radius 3 is 2.60 bits per heavy atom. The number of amides is 1. The van der Waals surface area contributed by atoms with Crippen molar-refractivity contribution in [1.29, 1.82) is 0 Å². The summed E-state index contributed by atoms with van der Waals surface area (Å²) in [5, 5.41) is 2.75.